The SMILES string of the molecule is CC1=NN(c2ccc(C(=O)[O-])cc2C)C(=O)C(=O)C1=O.[Na+]. The zero-order valence-electron chi connectivity index (χ0n) is 11.7. The molecular formula is C13H9N2NaO5. The maximum absolute atomic E-state index is 11.8. The largest absolute Gasteiger partial charge is 1.00 e. The van der Waals surface area contributed by atoms with E-state index in [1.807, 2.05) is 0 Å². The number of anilines is 1. The normalized spacial score (nSPS) is 14.7. The topological polar surface area (TPSA) is 107 Å². The van der Waals surface area contributed by atoms with E-state index in [9.17, 15) is 24.3 Å². The molecule has 1 heterocycles. The van der Waals surface area contributed by atoms with Gasteiger partial charge >= 0.3 is 35.5 Å². The van der Waals surface area contributed by atoms with Crippen molar-refractivity contribution in [1.82, 2.24) is 0 Å². The third-order valence-corrected chi connectivity index (χ3v) is 2.83. The molecule has 0 saturated heterocycles. The number of carbonyl (C=O) groups excluding carboxylic acids is 4. The molecule has 0 spiro atoms. The molecule has 0 aromatic heterocycles. The number of amides is 1. The molecule has 8 heteroatoms. The van der Waals surface area contributed by atoms with Crippen LogP contribution in [0.15, 0.2) is 23.3 Å². The van der Waals surface area contributed by atoms with Crippen LogP contribution in [0.3, 0.4) is 0 Å². The third kappa shape index (κ3) is 3.10. The number of carboxylic acids is 1. The minimum Gasteiger partial charge on any atom is -0.545 e. The number of aryl methyl sites for hydroxylation is 1. The van der Waals surface area contributed by atoms with Crippen LogP contribution in [0.5, 0.6) is 0 Å². The van der Waals surface area contributed by atoms with Crippen LogP contribution in [-0.4, -0.2) is 29.2 Å². The van der Waals surface area contributed by atoms with Crippen LogP contribution in [0.2, 0.25) is 0 Å². The fourth-order valence-electron chi connectivity index (χ4n) is 1.78. The van der Waals surface area contributed by atoms with Gasteiger partial charge in [-0.1, -0.05) is 6.07 Å². The summed E-state index contributed by atoms with van der Waals surface area (Å²) in [6.45, 7) is 2.88. The summed E-state index contributed by atoms with van der Waals surface area (Å²) in [5.41, 5.74) is 0.496. The van der Waals surface area contributed by atoms with Gasteiger partial charge in [0.1, 0.15) is 5.71 Å². The van der Waals surface area contributed by atoms with Gasteiger partial charge in [0.15, 0.2) is 0 Å². The summed E-state index contributed by atoms with van der Waals surface area (Å²) >= 11 is 0. The Kier molecular flexibility index (Phi) is 5.16. The van der Waals surface area contributed by atoms with Crippen LogP contribution >= 0.6 is 0 Å². The summed E-state index contributed by atoms with van der Waals surface area (Å²) in [5, 5.41) is 15.3. The summed E-state index contributed by atoms with van der Waals surface area (Å²) in [6.07, 6.45) is 0. The minimum atomic E-state index is -1.35. The fourth-order valence-corrected chi connectivity index (χ4v) is 1.78. The predicted molar refractivity (Wildman–Crippen MR) is 66.1 cm³/mol. The zero-order valence-corrected chi connectivity index (χ0v) is 13.7. The number of ketones is 2. The summed E-state index contributed by atoms with van der Waals surface area (Å²) in [5.74, 6) is -4.52. The second-order valence-corrected chi connectivity index (χ2v) is 4.25. The van der Waals surface area contributed by atoms with Crippen molar-refractivity contribution in [1.29, 1.82) is 0 Å². The number of aromatic carboxylic acids is 1. The van der Waals surface area contributed by atoms with E-state index in [2.05, 4.69) is 5.10 Å². The van der Waals surface area contributed by atoms with Gasteiger partial charge in [0.05, 0.1) is 11.7 Å². The monoisotopic (exact) mass is 296 g/mol. The van der Waals surface area contributed by atoms with Crippen molar-refractivity contribution >= 4 is 34.8 Å². The first kappa shape index (κ1) is 17.2. The van der Waals surface area contributed by atoms with Crippen LogP contribution in [0.4, 0.5) is 5.69 Å². The van der Waals surface area contributed by atoms with Gasteiger partial charge in [-0.15, -0.1) is 0 Å². The minimum absolute atomic E-state index is 0. The standard InChI is InChI=1S/C13H10N2O5.Na/c1-6-5-8(13(19)20)3-4-9(6)15-12(18)11(17)10(16)7(2)14-15;/h3-5H,1-2H3,(H,19,20);/q;+1/p-1. The molecule has 21 heavy (non-hydrogen) atoms. The van der Waals surface area contributed by atoms with Gasteiger partial charge in [0.25, 0.3) is 11.6 Å². The molecule has 0 atom stereocenters. The number of benzene rings is 1. The molecule has 1 amide bonds. The van der Waals surface area contributed by atoms with E-state index < -0.39 is 23.4 Å². The van der Waals surface area contributed by atoms with Crippen molar-refractivity contribution in [2.75, 3.05) is 5.01 Å². The van der Waals surface area contributed by atoms with Gasteiger partial charge in [-0.3, -0.25) is 14.4 Å². The first-order valence-corrected chi connectivity index (χ1v) is 5.63. The Morgan fingerprint density at radius 2 is 1.76 bits per heavy atom. The summed E-state index contributed by atoms with van der Waals surface area (Å²) in [7, 11) is 0. The van der Waals surface area contributed by atoms with E-state index in [1.165, 1.54) is 25.1 Å². The predicted octanol–water partition coefficient (Wildman–Crippen LogP) is -3.78. The first-order chi connectivity index (χ1) is 9.32. The van der Waals surface area contributed by atoms with E-state index in [4.69, 9.17) is 0 Å². The summed E-state index contributed by atoms with van der Waals surface area (Å²) < 4.78 is 0. The van der Waals surface area contributed by atoms with E-state index >= 15 is 0 Å². The molecule has 7 nitrogen and oxygen atoms in total. The van der Waals surface area contributed by atoms with Gasteiger partial charge in [-0.25, -0.2) is 0 Å². The van der Waals surface area contributed by atoms with Crippen molar-refractivity contribution in [3.63, 3.8) is 0 Å². The molecule has 1 aliphatic rings. The second-order valence-electron chi connectivity index (χ2n) is 4.25. The molecule has 1 aliphatic heterocycles. The summed E-state index contributed by atoms with van der Waals surface area (Å²) in [6, 6.07) is 3.86. The number of nitrogens with zero attached hydrogens (tertiary/aromatic N) is 2. The average molecular weight is 296 g/mol. The Balaban J connectivity index is 0.00000220. The Morgan fingerprint density at radius 1 is 1.14 bits per heavy atom. The van der Waals surface area contributed by atoms with Crippen molar-refractivity contribution in [2.24, 2.45) is 5.10 Å². The second kappa shape index (κ2) is 6.30. The van der Waals surface area contributed by atoms with Crippen LogP contribution < -0.4 is 39.7 Å². The number of carboxylic acid groups (broad SMARTS) is 1. The molecule has 2 rings (SSSR count). The van der Waals surface area contributed by atoms with Crippen LogP contribution in [0.25, 0.3) is 0 Å². The Labute approximate surface area is 141 Å². The molecule has 0 aliphatic carbocycles. The van der Waals surface area contributed by atoms with E-state index in [0.29, 0.717) is 5.56 Å². The van der Waals surface area contributed by atoms with Gasteiger partial charge in [-0.2, -0.15) is 10.1 Å². The molecular weight excluding hydrogens is 287 g/mol. The zero-order chi connectivity index (χ0) is 15.0. The third-order valence-electron chi connectivity index (χ3n) is 2.83. The molecule has 0 fully saturated rings. The van der Waals surface area contributed by atoms with Gasteiger partial charge in [0, 0.05) is 0 Å². The first-order valence-electron chi connectivity index (χ1n) is 5.63. The molecule has 102 valence electrons. The van der Waals surface area contributed by atoms with Crippen molar-refractivity contribution < 1.29 is 53.8 Å². The molecule has 0 saturated carbocycles. The number of Topliss-reactive ketones (excluding diaryl/α,β-unsaturated/α-hetero) is 2. The van der Waals surface area contributed by atoms with Crippen molar-refractivity contribution in [3.8, 4) is 0 Å². The number of hydrogen-bond acceptors (Lipinski definition) is 6. The fraction of sp³-hybridized carbons (Fsp3) is 0.154. The smallest absolute Gasteiger partial charge is 0.545 e. The van der Waals surface area contributed by atoms with Crippen LogP contribution in [0, 0.1) is 6.92 Å². The van der Waals surface area contributed by atoms with Gasteiger partial charge in [0.2, 0.25) is 0 Å². The molecule has 0 unspecified atom stereocenters. The van der Waals surface area contributed by atoms with Gasteiger partial charge < -0.3 is 9.90 Å². The molecule has 0 radical (unpaired) electrons. The maximum Gasteiger partial charge on any atom is 1.00 e. The molecule has 1 aromatic rings. The Morgan fingerprint density at radius 3 is 2.29 bits per heavy atom. The summed E-state index contributed by atoms with van der Waals surface area (Å²) in [4.78, 5) is 45.3. The van der Waals surface area contributed by atoms with Gasteiger partial charge in [-0.05, 0) is 37.1 Å². The number of carbonyl (C=O) groups is 4. The van der Waals surface area contributed by atoms with Crippen LogP contribution in [-0.2, 0) is 14.4 Å². The quantitative estimate of drug-likeness (QED) is 0.411. The molecule has 0 bridgehead atoms. The number of hydrogen-bond donors (Lipinski definition) is 0. The number of rotatable bonds is 2. The average Bonchev–Trinajstić information content (AvgIpc) is 2.40. The molecule has 1 aromatic carbocycles. The van der Waals surface area contributed by atoms with Crippen LogP contribution in [0.1, 0.15) is 22.8 Å². The Bertz CT molecular complexity index is 696. The van der Waals surface area contributed by atoms with E-state index in [0.717, 1.165) is 5.01 Å². The van der Waals surface area contributed by atoms with Crippen molar-refractivity contribution in [2.45, 2.75) is 13.8 Å². The maximum atomic E-state index is 11.8. The van der Waals surface area contributed by atoms with Crippen molar-refractivity contribution in [3.05, 3.63) is 29.3 Å². The number of hydrazone groups is 1. The van der Waals surface area contributed by atoms with E-state index in [1.54, 1.807) is 6.92 Å². The molecule has 0 N–H and O–H groups in total. The Hall–Kier alpha value is -1.83. The van der Waals surface area contributed by atoms with E-state index in [-0.39, 0.29) is 46.5 Å².